The molecule has 0 radical (unpaired) electrons. The van der Waals surface area contributed by atoms with Crippen LogP contribution in [0.25, 0.3) is 0 Å². The molecule has 0 unspecified atom stereocenters. The molecule has 6 nitrogen and oxygen atoms in total. The van der Waals surface area contributed by atoms with Crippen LogP contribution in [0, 0.1) is 5.92 Å². The molecule has 0 amide bonds. The van der Waals surface area contributed by atoms with Gasteiger partial charge in [-0.25, -0.2) is 4.72 Å². The molecule has 1 aromatic carbocycles. The van der Waals surface area contributed by atoms with E-state index in [0.29, 0.717) is 25.6 Å². The number of benzene rings is 1. The third-order valence-electron chi connectivity index (χ3n) is 5.48. The summed E-state index contributed by atoms with van der Waals surface area (Å²) in [5.41, 5.74) is 1.29. The molecule has 2 aliphatic heterocycles. The van der Waals surface area contributed by atoms with Crippen molar-refractivity contribution in [2.75, 3.05) is 39.8 Å². The molecule has 2 saturated heterocycles. The molecule has 1 N–H and O–H groups in total. The highest BCUT2D eigenvalue weighted by Gasteiger charge is 2.26. The quantitative estimate of drug-likeness (QED) is 0.787. The average molecular weight is 382 g/mol. The molecule has 0 spiro atoms. The van der Waals surface area contributed by atoms with Gasteiger partial charge in [-0.3, -0.25) is 4.90 Å². The number of methoxy groups -OCH3 is 1. The summed E-state index contributed by atoms with van der Waals surface area (Å²) in [6.45, 7) is 4.86. The van der Waals surface area contributed by atoms with E-state index in [1.54, 1.807) is 11.4 Å². The largest absolute Gasteiger partial charge is 0.497 e. The zero-order valence-corrected chi connectivity index (χ0v) is 16.5. The van der Waals surface area contributed by atoms with E-state index < -0.39 is 10.2 Å². The second-order valence-electron chi connectivity index (χ2n) is 7.38. The molecule has 26 heavy (non-hydrogen) atoms. The summed E-state index contributed by atoms with van der Waals surface area (Å²) >= 11 is 0. The van der Waals surface area contributed by atoms with E-state index in [0.717, 1.165) is 57.5 Å². The van der Waals surface area contributed by atoms with Crippen molar-refractivity contribution in [1.82, 2.24) is 13.9 Å². The van der Waals surface area contributed by atoms with Gasteiger partial charge in [-0.2, -0.15) is 12.7 Å². The maximum absolute atomic E-state index is 12.4. The van der Waals surface area contributed by atoms with E-state index in [2.05, 4.69) is 21.8 Å². The topological polar surface area (TPSA) is 61.9 Å². The van der Waals surface area contributed by atoms with Crippen molar-refractivity contribution in [3.63, 3.8) is 0 Å². The molecule has 0 bridgehead atoms. The Kier molecular flexibility index (Phi) is 6.92. The molecule has 0 atom stereocenters. The first-order valence-corrected chi connectivity index (χ1v) is 11.1. The van der Waals surface area contributed by atoms with Gasteiger partial charge >= 0.3 is 0 Å². The summed E-state index contributed by atoms with van der Waals surface area (Å²) in [5, 5.41) is 0. The van der Waals surface area contributed by atoms with E-state index >= 15 is 0 Å². The van der Waals surface area contributed by atoms with Crippen LogP contribution in [-0.2, 0) is 16.8 Å². The second-order valence-corrected chi connectivity index (χ2v) is 9.14. The van der Waals surface area contributed by atoms with Crippen molar-refractivity contribution in [1.29, 1.82) is 0 Å². The smallest absolute Gasteiger partial charge is 0.279 e. The lowest BCUT2D eigenvalue weighted by Crippen LogP contribution is -2.46. The van der Waals surface area contributed by atoms with Crippen LogP contribution in [0.15, 0.2) is 24.3 Å². The minimum Gasteiger partial charge on any atom is -0.497 e. The first-order valence-electron chi connectivity index (χ1n) is 9.67. The third kappa shape index (κ3) is 5.42. The lowest BCUT2D eigenvalue weighted by molar-refractivity contribution is 0.178. The molecule has 2 heterocycles. The van der Waals surface area contributed by atoms with Gasteiger partial charge in [0.2, 0.25) is 0 Å². The zero-order chi connectivity index (χ0) is 18.4. The monoisotopic (exact) mass is 381 g/mol. The lowest BCUT2D eigenvalue weighted by Gasteiger charge is -2.33. The van der Waals surface area contributed by atoms with Crippen molar-refractivity contribution in [3.05, 3.63) is 29.8 Å². The minimum atomic E-state index is -3.29. The zero-order valence-electron chi connectivity index (χ0n) is 15.7. The molecular weight excluding hydrogens is 350 g/mol. The predicted molar refractivity (Wildman–Crippen MR) is 103 cm³/mol. The van der Waals surface area contributed by atoms with Crippen LogP contribution in [0.4, 0.5) is 0 Å². The van der Waals surface area contributed by atoms with Crippen molar-refractivity contribution in [2.24, 2.45) is 5.92 Å². The van der Waals surface area contributed by atoms with Crippen molar-refractivity contribution >= 4 is 10.2 Å². The number of rotatable bonds is 7. The third-order valence-corrected chi connectivity index (χ3v) is 7.06. The summed E-state index contributed by atoms with van der Waals surface area (Å²) < 4.78 is 34.4. The Balaban J connectivity index is 1.40. The lowest BCUT2D eigenvalue weighted by atomic mass is 9.97. The summed E-state index contributed by atoms with van der Waals surface area (Å²) in [7, 11) is -1.61. The van der Waals surface area contributed by atoms with Gasteiger partial charge in [0.15, 0.2) is 0 Å². The highest BCUT2D eigenvalue weighted by molar-refractivity contribution is 7.87. The number of ether oxygens (including phenoxy) is 1. The Labute approximate surface area is 157 Å². The average Bonchev–Trinajstić information content (AvgIpc) is 2.69. The fourth-order valence-corrected chi connectivity index (χ4v) is 5.13. The van der Waals surface area contributed by atoms with Gasteiger partial charge in [0.05, 0.1) is 7.11 Å². The standard InChI is InChI=1S/C19H31N3O3S/c1-25-19-7-5-18(6-8-19)16-21-13-9-17(10-14-21)15-20-26(23,24)22-11-3-2-4-12-22/h5-8,17,20H,2-4,9-16H2,1H3. The molecule has 2 aliphatic rings. The summed E-state index contributed by atoms with van der Waals surface area (Å²) in [6.07, 6.45) is 5.17. The Morgan fingerprint density at radius 1 is 1.04 bits per heavy atom. The molecule has 146 valence electrons. The number of likely N-dealkylation sites (tertiary alicyclic amines) is 1. The van der Waals surface area contributed by atoms with Gasteiger partial charge in [-0.15, -0.1) is 0 Å². The van der Waals surface area contributed by atoms with Crippen LogP contribution in [0.3, 0.4) is 0 Å². The molecule has 2 fully saturated rings. The Bertz CT molecular complexity index is 649. The first-order chi connectivity index (χ1) is 12.6. The molecule has 0 aromatic heterocycles. The van der Waals surface area contributed by atoms with Crippen LogP contribution < -0.4 is 9.46 Å². The fourth-order valence-electron chi connectivity index (χ4n) is 3.76. The molecule has 0 saturated carbocycles. The highest BCUT2D eigenvalue weighted by atomic mass is 32.2. The van der Waals surface area contributed by atoms with E-state index in [1.807, 2.05) is 12.1 Å². The van der Waals surface area contributed by atoms with Crippen molar-refractivity contribution < 1.29 is 13.2 Å². The molecular formula is C19H31N3O3S. The van der Waals surface area contributed by atoms with Gasteiger partial charge in [0.1, 0.15) is 5.75 Å². The SMILES string of the molecule is COc1ccc(CN2CCC(CNS(=O)(=O)N3CCCCC3)CC2)cc1. The molecule has 7 heteroatoms. The number of hydrogen-bond donors (Lipinski definition) is 1. The van der Waals surface area contributed by atoms with Crippen LogP contribution in [0.2, 0.25) is 0 Å². The summed E-state index contributed by atoms with van der Waals surface area (Å²) in [5.74, 6) is 1.31. The molecule has 1 aromatic rings. The fraction of sp³-hybridized carbons (Fsp3) is 0.684. The van der Waals surface area contributed by atoms with E-state index in [9.17, 15) is 8.42 Å². The first kappa shape index (κ1) is 19.6. The van der Waals surface area contributed by atoms with Gasteiger partial charge < -0.3 is 4.74 Å². The van der Waals surface area contributed by atoms with Crippen molar-refractivity contribution in [3.8, 4) is 5.75 Å². The van der Waals surface area contributed by atoms with Gasteiger partial charge in [-0.1, -0.05) is 18.6 Å². The van der Waals surface area contributed by atoms with Crippen LogP contribution in [0.5, 0.6) is 5.75 Å². The van der Waals surface area contributed by atoms with Gasteiger partial charge in [0, 0.05) is 26.2 Å². The summed E-state index contributed by atoms with van der Waals surface area (Å²) in [6, 6.07) is 8.21. The number of piperidine rings is 2. The van der Waals surface area contributed by atoms with Gasteiger partial charge in [0.25, 0.3) is 10.2 Å². The molecule has 3 rings (SSSR count). The van der Waals surface area contributed by atoms with Crippen LogP contribution >= 0.6 is 0 Å². The normalized spacial score (nSPS) is 21.0. The Hall–Kier alpha value is -1.15. The van der Waals surface area contributed by atoms with E-state index in [4.69, 9.17) is 4.74 Å². The summed E-state index contributed by atoms with van der Waals surface area (Å²) in [4.78, 5) is 2.44. The molecule has 0 aliphatic carbocycles. The van der Waals surface area contributed by atoms with Gasteiger partial charge in [-0.05, 0) is 62.4 Å². The second kappa shape index (κ2) is 9.17. The van der Waals surface area contributed by atoms with Crippen LogP contribution in [-0.4, -0.2) is 57.5 Å². The number of nitrogens with one attached hydrogen (secondary N) is 1. The predicted octanol–water partition coefficient (Wildman–Crippen LogP) is 2.23. The maximum atomic E-state index is 12.4. The van der Waals surface area contributed by atoms with E-state index in [-0.39, 0.29) is 0 Å². The minimum absolute atomic E-state index is 0.432. The van der Waals surface area contributed by atoms with Crippen LogP contribution in [0.1, 0.15) is 37.7 Å². The Morgan fingerprint density at radius 2 is 1.69 bits per heavy atom. The maximum Gasteiger partial charge on any atom is 0.279 e. The van der Waals surface area contributed by atoms with Crippen molar-refractivity contribution in [2.45, 2.75) is 38.6 Å². The Morgan fingerprint density at radius 3 is 2.31 bits per heavy atom. The highest BCUT2D eigenvalue weighted by Crippen LogP contribution is 2.20. The van der Waals surface area contributed by atoms with E-state index in [1.165, 1.54) is 5.56 Å². The number of hydrogen-bond acceptors (Lipinski definition) is 4. The number of nitrogens with zero attached hydrogens (tertiary/aromatic N) is 2.